The third-order valence-electron chi connectivity index (χ3n) is 2.11. The van der Waals surface area contributed by atoms with E-state index in [1.807, 2.05) is 25.1 Å². The maximum absolute atomic E-state index is 11.6. The summed E-state index contributed by atoms with van der Waals surface area (Å²) in [5.41, 5.74) is 11.9. The van der Waals surface area contributed by atoms with Gasteiger partial charge in [0.2, 0.25) is 5.91 Å². The monoisotopic (exact) mass is 253 g/mol. The maximum atomic E-state index is 11.6. The van der Waals surface area contributed by atoms with E-state index in [1.54, 1.807) is 7.11 Å². The van der Waals surface area contributed by atoms with Gasteiger partial charge in [-0.3, -0.25) is 15.6 Å². The zero-order valence-electron chi connectivity index (χ0n) is 9.74. The Morgan fingerprint density at radius 2 is 2.18 bits per heavy atom. The molecule has 92 valence electrons. The fourth-order valence-electron chi connectivity index (χ4n) is 1.39. The number of aryl methyl sites for hydroxylation is 1. The number of ether oxygens (including phenoxy) is 1. The molecule has 0 aliphatic heterocycles. The molecule has 0 aliphatic carbocycles. The Kier molecular flexibility index (Phi) is 4.71. The predicted octanol–water partition coefficient (Wildman–Crippen LogP) is 0.411. The van der Waals surface area contributed by atoms with Crippen LogP contribution < -0.4 is 21.3 Å². The number of thiocarbonyl (C=S) groups is 1. The molecule has 0 heterocycles. The third-order valence-corrected chi connectivity index (χ3v) is 2.21. The molecule has 4 N–H and O–H groups in total. The summed E-state index contributed by atoms with van der Waals surface area (Å²) in [6.07, 6.45) is 0.195. The second-order valence-electron chi connectivity index (χ2n) is 3.53. The number of benzene rings is 1. The minimum Gasteiger partial charge on any atom is -0.496 e. The quantitative estimate of drug-likeness (QED) is 0.537. The van der Waals surface area contributed by atoms with E-state index in [-0.39, 0.29) is 17.4 Å². The van der Waals surface area contributed by atoms with E-state index < -0.39 is 0 Å². The minimum absolute atomic E-state index is 0.0227. The summed E-state index contributed by atoms with van der Waals surface area (Å²) in [4.78, 5) is 11.6. The average molecular weight is 253 g/mol. The first-order valence-electron chi connectivity index (χ1n) is 5.00. The molecule has 5 nitrogen and oxygen atoms in total. The Bertz CT molecular complexity index is 435. The molecule has 0 aliphatic rings. The molecule has 0 bridgehead atoms. The van der Waals surface area contributed by atoms with Crippen LogP contribution in [0.1, 0.15) is 11.1 Å². The number of nitrogens with two attached hydrogens (primary N) is 1. The summed E-state index contributed by atoms with van der Waals surface area (Å²) in [5, 5.41) is 0.0227. The molecule has 17 heavy (non-hydrogen) atoms. The normalized spacial score (nSPS) is 9.53. The number of amides is 1. The largest absolute Gasteiger partial charge is 0.496 e. The van der Waals surface area contributed by atoms with Gasteiger partial charge in [-0.05, 0) is 25.2 Å². The van der Waals surface area contributed by atoms with Crippen LogP contribution in [-0.2, 0) is 11.2 Å². The smallest absolute Gasteiger partial charge is 0.242 e. The van der Waals surface area contributed by atoms with Gasteiger partial charge in [0.15, 0.2) is 5.11 Å². The van der Waals surface area contributed by atoms with E-state index in [1.165, 1.54) is 0 Å². The van der Waals surface area contributed by atoms with Gasteiger partial charge in [0, 0.05) is 5.56 Å². The van der Waals surface area contributed by atoms with Gasteiger partial charge in [-0.25, -0.2) is 0 Å². The molecule has 0 unspecified atom stereocenters. The van der Waals surface area contributed by atoms with Gasteiger partial charge in [-0.2, -0.15) is 0 Å². The summed E-state index contributed by atoms with van der Waals surface area (Å²) in [5.74, 6) is 0.447. The lowest BCUT2D eigenvalue weighted by Gasteiger charge is -2.10. The molecule has 1 amide bonds. The van der Waals surface area contributed by atoms with E-state index in [9.17, 15) is 4.79 Å². The fourth-order valence-corrected chi connectivity index (χ4v) is 1.45. The lowest BCUT2D eigenvalue weighted by Crippen LogP contribution is -2.44. The van der Waals surface area contributed by atoms with Crippen molar-refractivity contribution in [1.29, 1.82) is 0 Å². The van der Waals surface area contributed by atoms with Gasteiger partial charge in [0.05, 0.1) is 13.5 Å². The highest BCUT2D eigenvalue weighted by Crippen LogP contribution is 2.19. The van der Waals surface area contributed by atoms with Gasteiger partial charge in [0.1, 0.15) is 5.75 Å². The topological polar surface area (TPSA) is 76.4 Å². The number of hydrogen-bond acceptors (Lipinski definition) is 3. The van der Waals surface area contributed by atoms with Crippen LogP contribution in [0.4, 0.5) is 0 Å². The number of methoxy groups -OCH3 is 1. The van der Waals surface area contributed by atoms with E-state index in [4.69, 9.17) is 10.5 Å². The molecule has 1 rings (SSSR count). The summed E-state index contributed by atoms with van der Waals surface area (Å²) < 4.78 is 5.18. The number of rotatable bonds is 3. The minimum atomic E-state index is -0.235. The second kappa shape index (κ2) is 6.05. The van der Waals surface area contributed by atoms with E-state index in [2.05, 4.69) is 23.1 Å². The third kappa shape index (κ3) is 4.28. The van der Waals surface area contributed by atoms with Crippen molar-refractivity contribution in [3.05, 3.63) is 29.3 Å². The lowest BCUT2D eigenvalue weighted by atomic mass is 10.1. The van der Waals surface area contributed by atoms with Gasteiger partial charge in [-0.1, -0.05) is 17.7 Å². The van der Waals surface area contributed by atoms with Crippen molar-refractivity contribution in [3.63, 3.8) is 0 Å². The Balaban J connectivity index is 2.69. The van der Waals surface area contributed by atoms with Crippen LogP contribution in [-0.4, -0.2) is 18.1 Å². The van der Waals surface area contributed by atoms with Crippen LogP contribution >= 0.6 is 12.2 Å². The molecule has 0 aromatic heterocycles. The second-order valence-corrected chi connectivity index (χ2v) is 3.97. The zero-order valence-corrected chi connectivity index (χ0v) is 10.6. The van der Waals surface area contributed by atoms with Crippen molar-refractivity contribution in [1.82, 2.24) is 10.9 Å². The van der Waals surface area contributed by atoms with Crippen molar-refractivity contribution in [2.24, 2.45) is 5.73 Å². The van der Waals surface area contributed by atoms with Crippen LogP contribution in [0, 0.1) is 6.92 Å². The molecule has 1 aromatic rings. The maximum Gasteiger partial charge on any atom is 0.242 e. The van der Waals surface area contributed by atoms with Crippen LogP contribution in [0.3, 0.4) is 0 Å². The van der Waals surface area contributed by atoms with Crippen molar-refractivity contribution < 1.29 is 9.53 Å². The van der Waals surface area contributed by atoms with Crippen LogP contribution in [0.25, 0.3) is 0 Å². The van der Waals surface area contributed by atoms with Crippen molar-refractivity contribution in [3.8, 4) is 5.75 Å². The lowest BCUT2D eigenvalue weighted by molar-refractivity contribution is -0.121. The first-order chi connectivity index (χ1) is 8.02. The zero-order chi connectivity index (χ0) is 12.8. The summed E-state index contributed by atoms with van der Waals surface area (Å²) in [7, 11) is 1.57. The Morgan fingerprint density at radius 1 is 1.47 bits per heavy atom. The van der Waals surface area contributed by atoms with Gasteiger partial charge >= 0.3 is 0 Å². The summed E-state index contributed by atoms with van der Waals surface area (Å²) >= 11 is 4.58. The number of carbonyl (C=O) groups excluding carboxylic acids is 1. The van der Waals surface area contributed by atoms with Crippen molar-refractivity contribution in [2.45, 2.75) is 13.3 Å². The molecular weight excluding hydrogens is 238 g/mol. The predicted molar refractivity (Wildman–Crippen MR) is 69.5 cm³/mol. The fraction of sp³-hybridized carbons (Fsp3) is 0.273. The highest BCUT2D eigenvalue weighted by molar-refractivity contribution is 7.80. The molecule has 0 spiro atoms. The molecule has 0 atom stereocenters. The molecule has 0 fully saturated rings. The Labute approximate surface area is 105 Å². The first kappa shape index (κ1) is 13.2. The molecular formula is C11H15N3O2S. The number of carbonyl (C=O) groups is 1. The standard InChI is InChI=1S/C11H15N3O2S/c1-7-3-4-9(16-2)8(5-7)6-10(15)13-14-11(12)17/h3-5H,6H2,1-2H3,(H,13,15)(H3,12,14,17). The molecule has 0 saturated carbocycles. The number of nitrogens with one attached hydrogen (secondary N) is 2. The number of hydrogen-bond donors (Lipinski definition) is 3. The van der Waals surface area contributed by atoms with Crippen molar-refractivity contribution in [2.75, 3.05) is 7.11 Å². The van der Waals surface area contributed by atoms with Crippen LogP contribution in [0.2, 0.25) is 0 Å². The average Bonchev–Trinajstić information content (AvgIpc) is 2.27. The van der Waals surface area contributed by atoms with Gasteiger partial charge in [-0.15, -0.1) is 0 Å². The molecule has 0 saturated heterocycles. The van der Waals surface area contributed by atoms with Gasteiger partial charge in [0.25, 0.3) is 0 Å². The summed E-state index contributed by atoms with van der Waals surface area (Å²) in [6.45, 7) is 1.95. The molecule has 0 radical (unpaired) electrons. The SMILES string of the molecule is COc1ccc(C)cc1CC(=O)NNC(N)=S. The Morgan fingerprint density at radius 3 is 2.76 bits per heavy atom. The van der Waals surface area contributed by atoms with Gasteiger partial charge < -0.3 is 10.5 Å². The van der Waals surface area contributed by atoms with Crippen molar-refractivity contribution >= 4 is 23.2 Å². The van der Waals surface area contributed by atoms with E-state index in [0.717, 1.165) is 11.1 Å². The van der Waals surface area contributed by atoms with E-state index in [0.29, 0.717) is 5.75 Å². The molecule has 1 aromatic carbocycles. The first-order valence-corrected chi connectivity index (χ1v) is 5.41. The van der Waals surface area contributed by atoms with Crippen LogP contribution in [0.5, 0.6) is 5.75 Å². The van der Waals surface area contributed by atoms with E-state index >= 15 is 0 Å². The highest BCUT2D eigenvalue weighted by atomic mass is 32.1. The Hall–Kier alpha value is -1.82. The summed E-state index contributed by atoms with van der Waals surface area (Å²) in [6, 6.07) is 5.66. The highest BCUT2D eigenvalue weighted by Gasteiger charge is 2.08. The number of hydrazine groups is 1. The van der Waals surface area contributed by atoms with Crippen LogP contribution in [0.15, 0.2) is 18.2 Å². The molecule has 6 heteroatoms.